The number of aromatic nitrogens is 2. The van der Waals surface area contributed by atoms with Crippen LogP contribution in [-0.4, -0.2) is 34.0 Å². The molecule has 0 fully saturated rings. The molecular formula is C28H28N4O3. The molecule has 7 nitrogen and oxygen atoms in total. The first-order valence-electron chi connectivity index (χ1n) is 11.9. The number of ether oxygens (including phenoxy) is 1. The number of amides is 2. The highest BCUT2D eigenvalue weighted by molar-refractivity contribution is 6.07. The Kier molecular flexibility index (Phi) is 6.23. The summed E-state index contributed by atoms with van der Waals surface area (Å²) in [5, 5.41) is 2.98. The highest BCUT2D eigenvalue weighted by atomic mass is 16.5. The number of nitrogens with one attached hydrogen (secondary N) is 1. The standard InChI is InChI=1S/C28H28N4O3/c1-3-22(32-24-10-6-7-11-25(24)35-18-27(32)33)28(34)29-20-15-12-19(13-16-20)14-17-26-30-21-8-4-5-9-23(21)31(26)2/h4-13,15-16,22H,3,14,17-18H2,1-2H3,(H,29,34)/t22-/m1/s1. The number of anilines is 2. The van der Waals surface area contributed by atoms with Crippen LogP contribution in [0.3, 0.4) is 0 Å². The summed E-state index contributed by atoms with van der Waals surface area (Å²) in [7, 11) is 2.05. The minimum atomic E-state index is -0.621. The molecule has 5 rings (SSSR count). The first-order chi connectivity index (χ1) is 17.0. The van der Waals surface area contributed by atoms with Crippen LogP contribution in [0.15, 0.2) is 72.8 Å². The maximum Gasteiger partial charge on any atom is 0.265 e. The Balaban J connectivity index is 1.25. The Bertz CT molecular complexity index is 1380. The number of carbonyl (C=O) groups excluding carboxylic acids is 2. The van der Waals surface area contributed by atoms with Crippen molar-refractivity contribution in [3.63, 3.8) is 0 Å². The average molecular weight is 469 g/mol. The van der Waals surface area contributed by atoms with Crippen molar-refractivity contribution in [3.8, 4) is 5.75 Å². The van der Waals surface area contributed by atoms with Crippen LogP contribution < -0.4 is 15.0 Å². The number of rotatable bonds is 7. The highest BCUT2D eigenvalue weighted by Crippen LogP contribution is 2.33. The average Bonchev–Trinajstić information content (AvgIpc) is 3.21. The fraction of sp³-hybridized carbons (Fsp3) is 0.250. The van der Waals surface area contributed by atoms with E-state index in [1.807, 2.05) is 80.7 Å². The lowest BCUT2D eigenvalue weighted by molar-refractivity contribution is -0.125. The number of carbonyl (C=O) groups is 2. The Morgan fingerprint density at radius 3 is 2.54 bits per heavy atom. The molecule has 0 bridgehead atoms. The van der Waals surface area contributed by atoms with Crippen molar-refractivity contribution in [3.05, 3.63) is 84.2 Å². The van der Waals surface area contributed by atoms with Crippen molar-refractivity contribution in [2.24, 2.45) is 7.05 Å². The van der Waals surface area contributed by atoms with Gasteiger partial charge in [0, 0.05) is 19.2 Å². The second-order valence-electron chi connectivity index (χ2n) is 8.71. The minimum Gasteiger partial charge on any atom is -0.482 e. The fourth-order valence-electron chi connectivity index (χ4n) is 4.60. The smallest absolute Gasteiger partial charge is 0.265 e. The van der Waals surface area contributed by atoms with Crippen molar-refractivity contribution in [2.75, 3.05) is 16.8 Å². The first-order valence-corrected chi connectivity index (χ1v) is 11.9. The third kappa shape index (κ3) is 4.49. The van der Waals surface area contributed by atoms with E-state index >= 15 is 0 Å². The third-order valence-corrected chi connectivity index (χ3v) is 6.48. The molecule has 2 heterocycles. The van der Waals surface area contributed by atoms with Gasteiger partial charge in [0.2, 0.25) is 5.91 Å². The van der Waals surface area contributed by atoms with Gasteiger partial charge in [-0.1, -0.05) is 43.3 Å². The summed E-state index contributed by atoms with van der Waals surface area (Å²) in [5.74, 6) is 1.22. The first kappa shape index (κ1) is 22.7. The van der Waals surface area contributed by atoms with Crippen LogP contribution in [0.5, 0.6) is 5.75 Å². The number of aryl methyl sites for hydroxylation is 3. The quantitative estimate of drug-likeness (QED) is 0.433. The zero-order valence-electron chi connectivity index (χ0n) is 19.9. The number of hydrogen-bond donors (Lipinski definition) is 1. The second-order valence-corrected chi connectivity index (χ2v) is 8.71. The molecule has 178 valence electrons. The third-order valence-electron chi connectivity index (χ3n) is 6.48. The van der Waals surface area contributed by atoms with Crippen LogP contribution >= 0.6 is 0 Å². The molecule has 0 spiro atoms. The molecule has 4 aromatic rings. The van der Waals surface area contributed by atoms with E-state index in [4.69, 9.17) is 9.72 Å². The van der Waals surface area contributed by atoms with Crippen LogP contribution in [0.2, 0.25) is 0 Å². The van der Waals surface area contributed by atoms with Crippen molar-refractivity contribution in [2.45, 2.75) is 32.2 Å². The van der Waals surface area contributed by atoms with Crippen molar-refractivity contribution >= 4 is 34.2 Å². The predicted molar refractivity (Wildman–Crippen MR) is 137 cm³/mol. The van der Waals surface area contributed by atoms with Crippen LogP contribution in [0.4, 0.5) is 11.4 Å². The van der Waals surface area contributed by atoms with Gasteiger partial charge >= 0.3 is 0 Å². The number of benzene rings is 3. The lowest BCUT2D eigenvalue weighted by Crippen LogP contribution is -2.51. The summed E-state index contributed by atoms with van der Waals surface area (Å²) >= 11 is 0. The summed E-state index contributed by atoms with van der Waals surface area (Å²) in [6.45, 7) is 1.83. The SMILES string of the molecule is CC[C@H](C(=O)Nc1ccc(CCc2nc3ccccc3n2C)cc1)N1C(=O)COc2ccccc21. The topological polar surface area (TPSA) is 76.5 Å². The maximum absolute atomic E-state index is 13.2. The van der Waals surface area contributed by atoms with Gasteiger partial charge < -0.3 is 14.6 Å². The molecule has 0 saturated heterocycles. The summed E-state index contributed by atoms with van der Waals surface area (Å²) in [6, 6.07) is 22.7. The molecule has 1 N–H and O–H groups in total. The summed E-state index contributed by atoms with van der Waals surface area (Å²) < 4.78 is 7.66. The Labute approximate surface area is 204 Å². The molecule has 3 aromatic carbocycles. The summed E-state index contributed by atoms with van der Waals surface area (Å²) in [4.78, 5) is 32.1. The molecule has 35 heavy (non-hydrogen) atoms. The summed E-state index contributed by atoms with van der Waals surface area (Å²) in [6.07, 6.45) is 2.16. The van der Waals surface area contributed by atoms with Gasteiger partial charge in [0.15, 0.2) is 6.61 Å². The number of para-hydroxylation sites is 4. The molecule has 0 radical (unpaired) electrons. The van der Waals surface area contributed by atoms with E-state index in [0.29, 0.717) is 23.5 Å². The van der Waals surface area contributed by atoms with Gasteiger partial charge in [-0.25, -0.2) is 4.98 Å². The maximum atomic E-state index is 13.2. The number of fused-ring (bicyclic) bond motifs is 2. The second kappa shape index (κ2) is 9.62. The van der Waals surface area contributed by atoms with Crippen LogP contribution in [-0.2, 0) is 29.5 Å². The monoisotopic (exact) mass is 468 g/mol. The van der Waals surface area contributed by atoms with E-state index < -0.39 is 6.04 Å². The molecule has 1 aromatic heterocycles. The van der Waals surface area contributed by atoms with Crippen LogP contribution in [0.1, 0.15) is 24.7 Å². The van der Waals surface area contributed by atoms with Crippen molar-refractivity contribution in [1.29, 1.82) is 0 Å². The zero-order valence-corrected chi connectivity index (χ0v) is 19.9. The Morgan fingerprint density at radius 2 is 1.77 bits per heavy atom. The van der Waals surface area contributed by atoms with Gasteiger partial charge in [-0.2, -0.15) is 0 Å². The lowest BCUT2D eigenvalue weighted by atomic mass is 10.1. The Hall–Kier alpha value is -4.13. The predicted octanol–water partition coefficient (Wildman–Crippen LogP) is 4.50. The van der Waals surface area contributed by atoms with E-state index in [9.17, 15) is 9.59 Å². The number of imidazole rings is 1. The van der Waals surface area contributed by atoms with Gasteiger partial charge in [0.25, 0.3) is 5.91 Å². The van der Waals surface area contributed by atoms with E-state index in [-0.39, 0.29) is 18.4 Å². The Morgan fingerprint density at radius 1 is 1.03 bits per heavy atom. The normalized spacial score (nSPS) is 13.9. The molecule has 1 atom stereocenters. The van der Waals surface area contributed by atoms with Crippen LogP contribution in [0.25, 0.3) is 11.0 Å². The van der Waals surface area contributed by atoms with Gasteiger partial charge in [-0.05, 0) is 54.8 Å². The molecule has 2 amide bonds. The van der Waals surface area contributed by atoms with Gasteiger partial charge in [0.05, 0.1) is 16.7 Å². The van der Waals surface area contributed by atoms with Crippen LogP contribution in [0, 0.1) is 0 Å². The van der Waals surface area contributed by atoms with Gasteiger partial charge in [-0.3, -0.25) is 14.5 Å². The fourth-order valence-corrected chi connectivity index (χ4v) is 4.60. The van der Waals surface area contributed by atoms with Crippen molar-refractivity contribution < 1.29 is 14.3 Å². The summed E-state index contributed by atoms with van der Waals surface area (Å²) in [5.41, 5.74) is 4.64. The van der Waals surface area contributed by atoms with Gasteiger partial charge in [-0.15, -0.1) is 0 Å². The van der Waals surface area contributed by atoms with Gasteiger partial charge in [0.1, 0.15) is 17.6 Å². The molecule has 1 aliphatic rings. The molecule has 0 saturated carbocycles. The van der Waals surface area contributed by atoms with E-state index in [1.165, 1.54) is 5.56 Å². The molecular weight excluding hydrogens is 440 g/mol. The van der Waals surface area contributed by atoms with E-state index in [0.717, 1.165) is 29.7 Å². The van der Waals surface area contributed by atoms with E-state index in [1.54, 1.807) is 4.90 Å². The largest absolute Gasteiger partial charge is 0.482 e. The van der Waals surface area contributed by atoms with E-state index in [2.05, 4.69) is 16.0 Å². The molecule has 0 unspecified atom stereocenters. The lowest BCUT2D eigenvalue weighted by Gasteiger charge is -2.34. The zero-order chi connectivity index (χ0) is 24.4. The number of hydrogen-bond acceptors (Lipinski definition) is 4. The minimum absolute atomic E-state index is 0.0684. The molecule has 0 aliphatic carbocycles. The number of nitrogens with zero attached hydrogens (tertiary/aromatic N) is 3. The van der Waals surface area contributed by atoms with Crippen molar-refractivity contribution in [1.82, 2.24) is 9.55 Å². The molecule has 7 heteroatoms. The highest BCUT2D eigenvalue weighted by Gasteiger charge is 2.34. The molecule has 1 aliphatic heterocycles.